The van der Waals surface area contributed by atoms with Gasteiger partial charge < -0.3 is 19.7 Å². The van der Waals surface area contributed by atoms with Crippen molar-refractivity contribution in [2.24, 2.45) is 0 Å². The molecule has 0 saturated carbocycles. The third-order valence-electron chi connectivity index (χ3n) is 5.11. The molecule has 2 aliphatic heterocycles. The maximum Gasteiger partial charge on any atom is 0.410 e. The van der Waals surface area contributed by atoms with Gasteiger partial charge in [-0.05, 0) is 72.2 Å². The van der Waals surface area contributed by atoms with Crippen LogP contribution in [0.5, 0.6) is 0 Å². The third-order valence-corrected chi connectivity index (χ3v) is 5.97. The first-order valence-corrected chi connectivity index (χ1v) is 12.3. The number of nitrogens with zero attached hydrogens (tertiary/aromatic N) is 1. The van der Waals surface area contributed by atoms with Gasteiger partial charge in [0.2, 0.25) is 0 Å². The standard InChI is InChI=1S/C15H27FN2O3.C7H8O3S/c1-15(2,3)21-14(19)18-9-6-13(12(16)10-18)20-11-4-7-17-8-5-11;1-6-2-4-7(5-3-6)11(8,9)10/h11-13,17H,4-10H2,1-3H3;2-5H,1H3,(H,8,9,10)/t12-,13-;/m1./s1. The van der Waals surface area contributed by atoms with E-state index in [1.165, 1.54) is 17.0 Å². The monoisotopic (exact) mass is 474 g/mol. The zero-order chi connectivity index (χ0) is 23.9. The smallest absolute Gasteiger partial charge is 0.410 e. The van der Waals surface area contributed by atoms with E-state index in [4.69, 9.17) is 14.0 Å². The molecule has 1 aromatic carbocycles. The Balaban J connectivity index is 0.000000278. The number of likely N-dealkylation sites (tertiary alicyclic amines) is 1. The van der Waals surface area contributed by atoms with Gasteiger partial charge in [-0.15, -0.1) is 0 Å². The maximum atomic E-state index is 14.3. The van der Waals surface area contributed by atoms with Crippen LogP contribution < -0.4 is 5.32 Å². The van der Waals surface area contributed by atoms with E-state index in [9.17, 15) is 17.6 Å². The number of benzene rings is 1. The van der Waals surface area contributed by atoms with Crippen LogP contribution in [0.25, 0.3) is 0 Å². The number of ether oxygens (including phenoxy) is 2. The molecule has 0 unspecified atom stereocenters. The summed E-state index contributed by atoms with van der Waals surface area (Å²) in [4.78, 5) is 13.3. The van der Waals surface area contributed by atoms with Gasteiger partial charge in [-0.3, -0.25) is 4.55 Å². The molecule has 2 fully saturated rings. The first-order valence-electron chi connectivity index (χ1n) is 10.9. The highest BCUT2D eigenvalue weighted by Gasteiger charge is 2.35. The minimum atomic E-state index is -4.02. The summed E-state index contributed by atoms with van der Waals surface area (Å²) < 4.78 is 55.0. The van der Waals surface area contributed by atoms with E-state index < -0.39 is 34.1 Å². The van der Waals surface area contributed by atoms with Gasteiger partial charge in [-0.1, -0.05) is 17.7 Å². The van der Waals surface area contributed by atoms with Crippen molar-refractivity contribution < 1.29 is 31.6 Å². The first-order chi connectivity index (χ1) is 14.8. The number of amides is 1. The summed E-state index contributed by atoms with van der Waals surface area (Å²) >= 11 is 0. The Morgan fingerprint density at radius 2 is 1.75 bits per heavy atom. The summed E-state index contributed by atoms with van der Waals surface area (Å²) in [6.45, 7) is 9.68. The van der Waals surface area contributed by atoms with Gasteiger partial charge in [-0.25, -0.2) is 9.18 Å². The lowest BCUT2D eigenvalue weighted by molar-refractivity contribution is -0.0909. The highest BCUT2D eigenvalue weighted by molar-refractivity contribution is 7.85. The number of carbonyl (C=O) groups is 1. The minimum absolute atomic E-state index is 0.0601. The fourth-order valence-corrected chi connectivity index (χ4v) is 3.90. The second kappa shape index (κ2) is 11.4. The van der Waals surface area contributed by atoms with Crippen molar-refractivity contribution in [2.45, 2.75) is 75.8 Å². The largest absolute Gasteiger partial charge is 0.444 e. The lowest BCUT2D eigenvalue weighted by Gasteiger charge is -2.37. The number of nitrogens with one attached hydrogen (secondary N) is 1. The molecule has 0 spiro atoms. The Hall–Kier alpha value is -1.75. The Morgan fingerprint density at radius 3 is 2.25 bits per heavy atom. The zero-order valence-corrected chi connectivity index (χ0v) is 20.0. The Kier molecular flexibility index (Phi) is 9.44. The van der Waals surface area contributed by atoms with E-state index in [1.54, 1.807) is 12.1 Å². The van der Waals surface area contributed by atoms with Gasteiger partial charge in [0, 0.05) is 6.54 Å². The highest BCUT2D eigenvalue weighted by Crippen LogP contribution is 2.23. The van der Waals surface area contributed by atoms with Crippen molar-refractivity contribution in [1.29, 1.82) is 0 Å². The molecule has 0 aliphatic carbocycles. The first kappa shape index (κ1) is 26.5. The summed E-state index contributed by atoms with van der Waals surface area (Å²) in [5.74, 6) is 0. The van der Waals surface area contributed by atoms with Crippen LogP contribution in [0.2, 0.25) is 0 Å². The van der Waals surface area contributed by atoms with Crippen LogP contribution in [0.15, 0.2) is 29.2 Å². The number of rotatable bonds is 3. The molecule has 8 nitrogen and oxygen atoms in total. The quantitative estimate of drug-likeness (QED) is 0.647. The van der Waals surface area contributed by atoms with E-state index in [0.29, 0.717) is 13.0 Å². The van der Waals surface area contributed by atoms with Crippen molar-refractivity contribution in [2.75, 3.05) is 26.2 Å². The number of hydrogen-bond acceptors (Lipinski definition) is 6. The predicted octanol–water partition coefficient (Wildman–Crippen LogP) is 3.34. The highest BCUT2D eigenvalue weighted by atomic mass is 32.2. The molecule has 0 radical (unpaired) electrons. The van der Waals surface area contributed by atoms with Gasteiger partial charge in [-0.2, -0.15) is 8.42 Å². The molecule has 0 bridgehead atoms. The van der Waals surface area contributed by atoms with Crippen LogP contribution >= 0.6 is 0 Å². The lowest BCUT2D eigenvalue weighted by atomic mass is 10.0. The number of alkyl halides is 1. The Bertz CT molecular complexity index is 835. The second-order valence-corrected chi connectivity index (χ2v) is 10.6. The molecule has 2 N–H and O–H groups in total. The number of piperidine rings is 2. The predicted molar refractivity (Wildman–Crippen MR) is 119 cm³/mol. The molecule has 2 saturated heterocycles. The number of hydrogen-bond donors (Lipinski definition) is 2. The summed E-state index contributed by atoms with van der Waals surface area (Å²) in [6, 6.07) is 5.99. The molecular formula is C22H35FN2O6S. The van der Waals surface area contributed by atoms with Crippen LogP contribution in [-0.4, -0.2) is 74.1 Å². The molecular weight excluding hydrogens is 439 g/mol. The minimum Gasteiger partial charge on any atom is -0.444 e. The summed E-state index contributed by atoms with van der Waals surface area (Å²) in [6.07, 6.45) is 0.559. The summed E-state index contributed by atoms with van der Waals surface area (Å²) in [7, 11) is -4.02. The van der Waals surface area contributed by atoms with Crippen molar-refractivity contribution >= 4 is 16.2 Å². The molecule has 2 heterocycles. The number of carbonyl (C=O) groups excluding carboxylic acids is 1. The number of aryl methyl sites for hydroxylation is 1. The van der Waals surface area contributed by atoms with Gasteiger partial charge in [0.1, 0.15) is 11.8 Å². The van der Waals surface area contributed by atoms with E-state index in [1.807, 2.05) is 27.7 Å². The molecule has 2 aliphatic rings. The Morgan fingerprint density at radius 1 is 1.16 bits per heavy atom. The van der Waals surface area contributed by atoms with Crippen LogP contribution in [0, 0.1) is 6.92 Å². The van der Waals surface area contributed by atoms with E-state index in [2.05, 4.69) is 5.32 Å². The molecule has 2 atom stereocenters. The fraction of sp³-hybridized carbons (Fsp3) is 0.682. The molecule has 32 heavy (non-hydrogen) atoms. The van der Waals surface area contributed by atoms with Crippen LogP contribution in [0.1, 0.15) is 45.6 Å². The van der Waals surface area contributed by atoms with Gasteiger partial charge in [0.25, 0.3) is 10.1 Å². The topological polar surface area (TPSA) is 105 Å². The van der Waals surface area contributed by atoms with Gasteiger partial charge in [0.05, 0.1) is 23.6 Å². The van der Waals surface area contributed by atoms with Crippen molar-refractivity contribution in [3.05, 3.63) is 29.8 Å². The van der Waals surface area contributed by atoms with E-state index >= 15 is 0 Å². The van der Waals surface area contributed by atoms with Crippen molar-refractivity contribution in [3.8, 4) is 0 Å². The Labute approximate surface area is 190 Å². The SMILES string of the molecule is CC(C)(C)OC(=O)N1CC[C@@H](OC2CCNCC2)[C@H](F)C1.Cc1ccc(S(=O)(=O)O)cc1. The van der Waals surface area contributed by atoms with Gasteiger partial charge in [0.15, 0.2) is 0 Å². The fourth-order valence-electron chi connectivity index (χ4n) is 3.42. The molecule has 1 aromatic rings. The van der Waals surface area contributed by atoms with E-state index in [-0.39, 0.29) is 17.5 Å². The normalized spacial score (nSPS) is 22.6. The molecule has 182 valence electrons. The van der Waals surface area contributed by atoms with Crippen molar-refractivity contribution in [3.63, 3.8) is 0 Å². The number of halogens is 1. The second-order valence-electron chi connectivity index (χ2n) is 9.14. The average Bonchev–Trinajstić information content (AvgIpc) is 2.69. The summed E-state index contributed by atoms with van der Waals surface area (Å²) in [5.41, 5.74) is 0.406. The van der Waals surface area contributed by atoms with Crippen LogP contribution in [0.3, 0.4) is 0 Å². The summed E-state index contributed by atoms with van der Waals surface area (Å²) in [5, 5.41) is 3.26. The maximum absolute atomic E-state index is 14.3. The van der Waals surface area contributed by atoms with Crippen LogP contribution in [0.4, 0.5) is 9.18 Å². The zero-order valence-electron chi connectivity index (χ0n) is 19.2. The molecule has 0 aromatic heterocycles. The van der Waals surface area contributed by atoms with E-state index in [0.717, 1.165) is 31.5 Å². The molecule has 10 heteroatoms. The molecule has 1 amide bonds. The lowest BCUT2D eigenvalue weighted by Crippen LogP contribution is -2.50. The van der Waals surface area contributed by atoms with Crippen molar-refractivity contribution in [1.82, 2.24) is 10.2 Å². The third kappa shape index (κ3) is 9.01. The van der Waals surface area contributed by atoms with Crippen LogP contribution in [-0.2, 0) is 19.6 Å². The average molecular weight is 475 g/mol. The van der Waals surface area contributed by atoms with Gasteiger partial charge >= 0.3 is 6.09 Å². The molecule has 3 rings (SSSR count).